The predicted molar refractivity (Wildman–Crippen MR) is 30.3 cm³/mol. The maximum absolute atomic E-state index is 12.6. The van der Waals surface area contributed by atoms with Crippen LogP contribution in [0.15, 0.2) is 0 Å². The molecule has 3 atom stereocenters. The van der Waals surface area contributed by atoms with Gasteiger partial charge in [0.2, 0.25) is 0 Å². The van der Waals surface area contributed by atoms with Crippen molar-refractivity contribution in [3.05, 3.63) is 0 Å². The van der Waals surface area contributed by atoms with E-state index in [0.717, 1.165) is 12.3 Å². The molecule has 0 aromatic rings. The van der Waals surface area contributed by atoms with Gasteiger partial charge < -0.3 is 0 Å². The molecule has 0 aliphatic heterocycles. The van der Waals surface area contributed by atoms with Gasteiger partial charge in [-0.25, -0.2) is 4.39 Å². The summed E-state index contributed by atoms with van der Waals surface area (Å²) in [5.74, 6) is 1.25. The van der Waals surface area contributed by atoms with E-state index in [1.165, 1.54) is 19.3 Å². The van der Waals surface area contributed by atoms with E-state index in [1.807, 2.05) is 0 Å². The lowest BCUT2D eigenvalue weighted by molar-refractivity contribution is 0.231. The van der Waals surface area contributed by atoms with Crippen LogP contribution in [0.3, 0.4) is 0 Å². The predicted octanol–water partition coefficient (Wildman–Crippen LogP) is 2.14. The molecule has 0 radical (unpaired) electrons. The molecule has 0 aromatic heterocycles. The van der Waals surface area contributed by atoms with Gasteiger partial charge >= 0.3 is 0 Å². The summed E-state index contributed by atoms with van der Waals surface area (Å²) in [5, 5.41) is 0. The van der Waals surface area contributed by atoms with Crippen molar-refractivity contribution in [3.63, 3.8) is 0 Å². The summed E-state index contributed by atoms with van der Waals surface area (Å²) in [5.41, 5.74) is 0. The molecule has 2 fully saturated rings. The van der Waals surface area contributed by atoms with Gasteiger partial charge in [0.1, 0.15) is 6.17 Å². The van der Waals surface area contributed by atoms with Crippen LogP contribution in [0.4, 0.5) is 4.39 Å². The van der Waals surface area contributed by atoms with E-state index in [4.69, 9.17) is 0 Å². The first-order valence-corrected chi connectivity index (χ1v) is 3.50. The molecule has 8 heavy (non-hydrogen) atoms. The Balaban J connectivity index is 2.11. The summed E-state index contributed by atoms with van der Waals surface area (Å²) in [7, 11) is 0. The standard InChI is InChI=1S/C7H11F/c8-7-4-5-1-2-6(7)3-5/h5-7H,1-4H2/t5-,6+,7?/m1/s1. The van der Waals surface area contributed by atoms with Crippen molar-refractivity contribution in [2.24, 2.45) is 11.8 Å². The second-order valence-corrected chi connectivity index (χ2v) is 3.19. The second kappa shape index (κ2) is 1.46. The molecule has 0 heterocycles. The van der Waals surface area contributed by atoms with Crippen molar-refractivity contribution < 1.29 is 4.39 Å². The minimum absolute atomic E-state index is 0.422. The smallest absolute Gasteiger partial charge is 0.103 e. The number of hydrogen-bond acceptors (Lipinski definition) is 0. The Hall–Kier alpha value is -0.0700. The minimum Gasteiger partial charge on any atom is -0.247 e. The summed E-state index contributed by atoms with van der Waals surface area (Å²) in [6.07, 6.45) is 4.14. The second-order valence-electron chi connectivity index (χ2n) is 3.19. The Bertz CT molecular complexity index is 98.6. The van der Waals surface area contributed by atoms with Crippen LogP contribution >= 0.6 is 0 Å². The third-order valence-corrected chi connectivity index (χ3v) is 2.65. The average molecular weight is 114 g/mol. The summed E-state index contributed by atoms with van der Waals surface area (Å²) in [4.78, 5) is 0. The monoisotopic (exact) mass is 114 g/mol. The third-order valence-electron chi connectivity index (χ3n) is 2.65. The molecule has 0 amide bonds. The number of fused-ring (bicyclic) bond motifs is 2. The van der Waals surface area contributed by atoms with Gasteiger partial charge in [0, 0.05) is 0 Å². The zero-order valence-electron chi connectivity index (χ0n) is 4.94. The fourth-order valence-corrected chi connectivity index (χ4v) is 2.17. The zero-order valence-corrected chi connectivity index (χ0v) is 4.94. The first-order valence-electron chi connectivity index (χ1n) is 3.50. The van der Waals surface area contributed by atoms with Crippen LogP contribution in [-0.4, -0.2) is 6.17 Å². The summed E-state index contributed by atoms with van der Waals surface area (Å²) in [6, 6.07) is 0. The van der Waals surface area contributed by atoms with Crippen LogP contribution in [0.25, 0.3) is 0 Å². The molecule has 2 aliphatic rings. The van der Waals surface area contributed by atoms with Gasteiger partial charge in [0.15, 0.2) is 0 Å². The largest absolute Gasteiger partial charge is 0.247 e. The minimum atomic E-state index is -0.422. The molecular weight excluding hydrogens is 103 g/mol. The summed E-state index contributed by atoms with van der Waals surface area (Å²) in [6.45, 7) is 0. The molecule has 0 saturated heterocycles. The van der Waals surface area contributed by atoms with Crippen molar-refractivity contribution in [3.8, 4) is 0 Å². The fourth-order valence-electron chi connectivity index (χ4n) is 2.17. The van der Waals surface area contributed by atoms with Gasteiger partial charge in [-0.15, -0.1) is 0 Å². The van der Waals surface area contributed by atoms with Crippen molar-refractivity contribution in [2.45, 2.75) is 31.9 Å². The highest BCUT2D eigenvalue weighted by molar-refractivity contribution is 4.89. The summed E-state index contributed by atoms with van der Waals surface area (Å²) < 4.78 is 12.6. The van der Waals surface area contributed by atoms with Crippen LogP contribution in [0.2, 0.25) is 0 Å². The first kappa shape index (κ1) is 4.78. The molecule has 2 bridgehead atoms. The topological polar surface area (TPSA) is 0 Å². The van der Waals surface area contributed by atoms with Gasteiger partial charge in [0.25, 0.3) is 0 Å². The van der Waals surface area contributed by atoms with Gasteiger partial charge in [0.05, 0.1) is 0 Å². The van der Waals surface area contributed by atoms with Crippen molar-refractivity contribution in [1.82, 2.24) is 0 Å². The molecule has 2 rings (SSSR count). The van der Waals surface area contributed by atoms with Gasteiger partial charge in [-0.05, 0) is 37.5 Å². The van der Waals surface area contributed by atoms with Crippen LogP contribution in [-0.2, 0) is 0 Å². The quantitative estimate of drug-likeness (QED) is 0.452. The Labute approximate surface area is 49.1 Å². The Morgan fingerprint density at radius 1 is 1.12 bits per heavy atom. The van der Waals surface area contributed by atoms with Gasteiger partial charge in [-0.2, -0.15) is 0 Å². The number of hydrogen-bond donors (Lipinski definition) is 0. The molecular formula is C7H11F. The van der Waals surface area contributed by atoms with Gasteiger partial charge in [-0.1, -0.05) is 0 Å². The van der Waals surface area contributed by atoms with Crippen molar-refractivity contribution >= 4 is 0 Å². The maximum Gasteiger partial charge on any atom is 0.103 e. The lowest BCUT2D eigenvalue weighted by Gasteiger charge is -2.11. The molecule has 0 nitrogen and oxygen atoms in total. The lowest BCUT2D eigenvalue weighted by Crippen LogP contribution is -2.09. The SMILES string of the molecule is FC1C[C@@H]2CC[C@H]1C2. The van der Waals surface area contributed by atoms with Crippen molar-refractivity contribution in [1.29, 1.82) is 0 Å². The molecule has 46 valence electrons. The van der Waals surface area contributed by atoms with E-state index in [0.29, 0.717) is 5.92 Å². The maximum atomic E-state index is 12.6. The van der Waals surface area contributed by atoms with E-state index in [-0.39, 0.29) is 0 Å². The Morgan fingerprint density at radius 2 is 2.00 bits per heavy atom. The highest BCUT2D eigenvalue weighted by atomic mass is 19.1. The molecule has 1 unspecified atom stereocenters. The normalized spacial score (nSPS) is 52.9. The Morgan fingerprint density at radius 3 is 2.25 bits per heavy atom. The number of rotatable bonds is 0. The van der Waals surface area contributed by atoms with E-state index >= 15 is 0 Å². The van der Waals surface area contributed by atoms with Crippen LogP contribution in [0.1, 0.15) is 25.7 Å². The fraction of sp³-hybridized carbons (Fsp3) is 1.00. The van der Waals surface area contributed by atoms with Gasteiger partial charge in [-0.3, -0.25) is 0 Å². The zero-order chi connectivity index (χ0) is 5.56. The van der Waals surface area contributed by atoms with E-state index in [2.05, 4.69) is 0 Å². The van der Waals surface area contributed by atoms with E-state index in [1.54, 1.807) is 0 Å². The highest BCUT2D eigenvalue weighted by Gasteiger charge is 2.39. The van der Waals surface area contributed by atoms with Crippen LogP contribution in [0, 0.1) is 11.8 Å². The van der Waals surface area contributed by atoms with E-state index < -0.39 is 6.17 Å². The third kappa shape index (κ3) is 0.503. The number of halogens is 1. The van der Waals surface area contributed by atoms with E-state index in [9.17, 15) is 4.39 Å². The van der Waals surface area contributed by atoms with Crippen molar-refractivity contribution in [2.75, 3.05) is 0 Å². The van der Waals surface area contributed by atoms with Crippen LogP contribution in [0.5, 0.6) is 0 Å². The molecule has 1 heteroatoms. The molecule has 0 spiro atoms. The molecule has 0 aromatic carbocycles. The number of alkyl halides is 1. The van der Waals surface area contributed by atoms with Crippen LogP contribution < -0.4 is 0 Å². The molecule has 0 N–H and O–H groups in total. The lowest BCUT2D eigenvalue weighted by atomic mass is 9.99. The Kier molecular flexibility index (Phi) is 0.870. The molecule has 2 aliphatic carbocycles. The highest BCUT2D eigenvalue weighted by Crippen LogP contribution is 2.45. The molecule has 2 saturated carbocycles. The average Bonchev–Trinajstić information content (AvgIpc) is 2.23. The first-order chi connectivity index (χ1) is 3.86. The summed E-state index contributed by atoms with van der Waals surface area (Å²) >= 11 is 0.